The number of anilines is 1. The van der Waals surface area contributed by atoms with Crippen molar-refractivity contribution in [2.24, 2.45) is 5.92 Å². The lowest BCUT2D eigenvalue weighted by Crippen LogP contribution is -2.66. The topological polar surface area (TPSA) is 29.5 Å². The molecule has 1 aliphatic rings. The molecule has 1 amide bonds. The molecule has 0 saturated carbocycles. The van der Waals surface area contributed by atoms with Gasteiger partial charge < -0.3 is 9.64 Å². The molecule has 0 radical (unpaired) electrons. The second-order valence-corrected chi connectivity index (χ2v) is 4.60. The van der Waals surface area contributed by atoms with Crippen LogP contribution in [0, 0.1) is 5.92 Å². The molecule has 0 N–H and O–H groups in total. The number of benzene rings is 1. The summed E-state index contributed by atoms with van der Waals surface area (Å²) >= 11 is 0. The van der Waals surface area contributed by atoms with E-state index >= 15 is 0 Å². The first kappa shape index (κ1) is 12.8. The van der Waals surface area contributed by atoms with Crippen LogP contribution in [0.25, 0.3) is 0 Å². The first-order valence-electron chi connectivity index (χ1n) is 5.71. The molecule has 0 aromatic heterocycles. The SMILES string of the molecule is COc1ccc(N2C(=O)[C@@H](C)[C@@H]2C(C)(F)F)cc1. The van der Waals surface area contributed by atoms with Gasteiger partial charge in [0.05, 0.1) is 13.0 Å². The lowest BCUT2D eigenvalue weighted by atomic mass is 9.84. The highest BCUT2D eigenvalue weighted by Crippen LogP contribution is 2.41. The van der Waals surface area contributed by atoms with Crippen molar-refractivity contribution in [2.45, 2.75) is 25.8 Å². The van der Waals surface area contributed by atoms with Crippen LogP contribution in [-0.2, 0) is 4.79 Å². The summed E-state index contributed by atoms with van der Waals surface area (Å²) in [5.41, 5.74) is 0.477. The number of methoxy groups -OCH3 is 1. The summed E-state index contributed by atoms with van der Waals surface area (Å²) in [5.74, 6) is -3.20. The number of ether oxygens (including phenoxy) is 1. The van der Waals surface area contributed by atoms with Gasteiger partial charge in [0, 0.05) is 12.6 Å². The van der Waals surface area contributed by atoms with Crippen LogP contribution in [0.4, 0.5) is 14.5 Å². The molecular formula is C13H15F2NO2. The molecule has 1 aromatic rings. The summed E-state index contributed by atoms with van der Waals surface area (Å²) < 4.78 is 31.9. The van der Waals surface area contributed by atoms with E-state index in [1.165, 1.54) is 14.0 Å². The molecule has 98 valence electrons. The van der Waals surface area contributed by atoms with Crippen LogP contribution >= 0.6 is 0 Å². The van der Waals surface area contributed by atoms with Crippen molar-refractivity contribution in [1.29, 1.82) is 0 Å². The number of amides is 1. The molecule has 1 aliphatic heterocycles. The average Bonchev–Trinajstić information content (AvgIpc) is 2.33. The van der Waals surface area contributed by atoms with Gasteiger partial charge in [-0.2, -0.15) is 0 Å². The first-order valence-corrected chi connectivity index (χ1v) is 5.71. The second kappa shape index (κ2) is 4.23. The number of halogens is 2. The molecule has 0 bridgehead atoms. The fraction of sp³-hybridized carbons (Fsp3) is 0.462. The Labute approximate surface area is 104 Å². The zero-order valence-electron chi connectivity index (χ0n) is 10.5. The number of carbonyl (C=O) groups is 1. The van der Waals surface area contributed by atoms with Crippen LogP contribution in [0.1, 0.15) is 13.8 Å². The van der Waals surface area contributed by atoms with Gasteiger partial charge in [-0.3, -0.25) is 4.79 Å². The molecular weight excluding hydrogens is 240 g/mol. The fourth-order valence-electron chi connectivity index (χ4n) is 2.33. The molecule has 2 rings (SSSR count). The van der Waals surface area contributed by atoms with E-state index in [-0.39, 0.29) is 5.91 Å². The predicted molar refractivity (Wildman–Crippen MR) is 64.1 cm³/mol. The van der Waals surface area contributed by atoms with E-state index in [2.05, 4.69) is 0 Å². The highest BCUT2D eigenvalue weighted by molar-refractivity contribution is 6.03. The van der Waals surface area contributed by atoms with Gasteiger partial charge in [0.2, 0.25) is 5.91 Å². The van der Waals surface area contributed by atoms with Crippen LogP contribution < -0.4 is 9.64 Å². The van der Waals surface area contributed by atoms with Crippen LogP contribution in [0.3, 0.4) is 0 Å². The van der Waals surface area contributed by atoms with E-state index < -0.39 is 17.9 Å². The number of nitrogens with zero attached hydrogens (tertiary/aromatic N) is 1. The highest BCUT2D eigenvalue weighted by atomic mass is 19.3. The Morgan fingerprint density at radius 3 is 2.28 bits per heavy atom. The van der Waals surface area contributed by atoms with Crippen LogP contribution in [0.5, 0.6) is 5.75 Å². The van der Waals surface area contributed by atoms with Gasteiger partial charge in [-0.25, -0.2) is 8.78 Å². The lowest BCUT2D eigenvalue weighted by Gasteiger charge is -2.48. The third-order valence-electron chi connectivity index (χ3n) is 3.25. The summed E-state index contributed by atoms with van der Waals surface area (Å²) in [5, 5.41) is 0. The molecule has 1 saturated heterocycles. The second-order valence-electron chi connectivity index (χ2n) is 4.60. The number of hydrogen-bond donors (Lipinski definition) is 0. The zero-order chi connectivity index (χ0) is 13.5. The van der Waals surface area contributed by atoms with Crippen molar-refractivity contribution < 1.29 is 18.3 Å². The third-order valence-corrected chi connectivity index (χ3v) is 3.25. The number of hydrogen-bond acceptors (Lipinski definition) is 2. The molecule has 0 spiro atoms. The maximum Gasteiger partial charge on any atom is 0.266 e. The standard InChI is InChI=1S/C13H15F2NO2/c1-8-11(13(2,14)15)16(12(8)17)9-4-6-10(18-3)7-5-9/h4-8,11H,1-3H3/t8-,11+/m0/s1. The Morgan fingerprint density at radius 1 is 1.28 bits per heavy atom. The van der Waals surface area contributed by atoms with E-state index in [1.807, 2.05) is 0 Å². The van der Waals surface area contributed by atoms with Gasteiger partial charge >= 0.3 is 0 Å². The smallest absolute Gasteiger partial charge is 0.266 e. The van der Waals surface area contributed by atoms with Crippen LogP contribution in [-0.4, -0.2) is 25.0 Å². The Hall–Kier alpha value is -1.65. The van der Waals surface area contributed by atoms with Crippen molar-refractivity contribution in [3.05, 3.63) is 24.3 Å². The fourth-order valence-corrected chi connectivity index (χ4v) is 2.33. The van der Waals surface area contributed by atoms with E-state index in [1.54, 1.807) is 24.3 Å². The van der Waals surface area contributed by atoms with Gasteiger partial charge in [0.25, 0.3) is 5.92 Å². The monoisotopic (exact) mass is 255 g/mol. The summed E-state index contributed by atoms with van der Waals surface area (Å²) in [6.07, 6.45) is 0. The minimum absolute atomic E-state index is 0.272. The first-order chi connectivity index (χ1) is 8.36. The van der Waals surface area contributed by atoms with Crippen LogP contribution in [0.2, 0.25) is 0 Å². The Kier molecular flexibility index (Phi) is 3.00. The molecule has 3 nitrogen and oxygen atoms in total. The normalized spacial score (nSPS) is 23.8. The third kappa shape index (κ3) is 1.94. The molecule has 5 heteroatoms. The maximum atomic E-state index is 13.5. The summed E-state index contributed by atoms with van der Waals surface area (Å²) in [6, 6.07) is 5.45. The number of carbonyl (C=O) groups excluding carboxylic acids is 1. The predicted octanol–water partition coefficient (Wildman–Crippen LogP) is 2.70. The number of alkyl halides is 2. The van der Waals surface area contributed by atoms with Crippen molar-refractivity contribution in [3.63, 3.8) is 0 Å². The largest absolute Gasteiger partial charge is 0.497 e. The van der Waals surface area contributed by atoms with Crippen molar-refractivity contribution in [3.8, 4) is 5.75 Å². The van der Waals surface area contributed by atoms with Gasteiger partial charge in [0.15, 0.2) is 0 Å². The van der Waals surface area contributed by atoms with Crippen molar-refractivity contribution in [1.82, 2.24) is 0 Å². The minimum Gasteiger partial charge on any atom is -0.497 e. The molecule has 2 atom stereocenters. The average molecular weight is 255 g/mol. The van der Waals surface area contributed by atoms with Gasteiger partial charge in [-0.1, -0.05) is 6.92 Å². The molecule has 0 unspecified atom stereocenters. The molecule has 1 aromatic carbocycles. The summed E-state index contributed by atoms with van der Waals surface area (Å²) in [7, 11) is 1.52. The van der Waals surface area contributed by atoms with Gasteiger partial charge in [0.1, 0.15) is 11.8 Å². The molecule has 1 heterocycles. The maximum absolute atomic E-state index is 13.5. The number of rotatable bonds is 3. The Morgan fingerprint density at radius 2 is 1.83 bits per heavy atom. The Balaban J connectivity index is 2.28. The van der Waals surface area contributed by atoms with E-state index in [0.717, 1.165) is 11.8 Å². The molecule has 0 aliphatic carbocycles. The zero-order valence-corrected chi connectivity index (χ0v) is 10.5. The highest BCUT2D eigenvalue weighted by Gasteiger charge is 2.55. The number of β-lactam (4-membered cyclic amide) rings is 1. The Bertz CT molecular complexity index is 453. The lowest BCUT2D eigenvalue weighted by molar-refractivity contribution is -0.140. The van der Waals surface area contributed by atoms with Crippen molar-refractivity contribution >= 4 is 11.6 Å². The van der Waals surface area contributed by atoms with E-state index in [0.29, 0.717) is 11.4 Å². The van der Waals surface area contributed by atoms with Gasteiger partial charge in [-0.05, 0) is 24.3 Å². The van der Waals surface area contributed by atoms with E-state index in [9.17, 15) is 13.6 Å². The summed E-state index contributed by atoms with van der Waals surface area (Å²) in [6.45, 7) is 2.38. The summed E-state index contributed by atoms with van der Waals surface area (Å²) in [4.78, 5) is 12.9. The van der Waals surface area contributed by atoms with Gasteiger partial charge in [-0.15, -0.1) is 0 Å². The van der Waals surface area contributed by atoms with Crippen LogP contribution in [0.15, 0.2) is 24.3 Å². The molecule has 18 heavy (non-hydrogen) atoms. The minimum atomic E-state index is -2.91. The van der Waals surface area contributed by atoms with E-state index in [4.69, 9.17) is 4.74 Å². The molecule has 1 fully saturated rings. The quantitative estimate of drug-likeness (QED) is 0.777. The van der Waals surface area contributed by atoms with Crippen molar-refractivity contribution in [2.75, 3.05) is 12.0 Å².